The second-order valence-corrected chi connectivity index (χ2v) is 11.3. The van der Waals surface area contributed by atoms with E-state index in [4.69, 9.17) is 10.5 Å². The average molecular weight is 595 g/mol. The van der Waals surface area contributed by atoms with Crippen LogP contribution in [0, 0.1) is 11.8 Å². The molecule has 2 aromatic heterocycles. The smallest absolute Gasteiger partial charge is 0.420 e. The van der Waals surface area contributed by atoms with Crippen LogP contribution in [0.4, 0.5) is 29.6 Å². The number of aromatic nitrogens is 3. The Kier molecular flexibility index (Phi) is 9.23. The summed E-state index contributed by atoms with van der Waals surface area (Å²) in [5.41, 5.74) is 5.45. The molecule has 1 aromatic carbocycles. The topological polar surface area (TPSA) is 123 Å². The highest BCUT2D eigenvalue weighted by atomic mass is 19.4. The van der Waals surface area contributed by atoms with Crippen LogP contribution in [0.5, 0.6) is 0 Å². The maximum atomic E-state index is 13.7. The maximum Gasteiger partial charge on any atom is 0.420 e. The average Bonchev–Trinajstić information content (AvgIpc) is 2.95. The van der Waals surface area contributed by atoms with Gasteiger partial charge in [0, 0.05) is 36.5 Å². The Balaban J connectivity index is 1.49. The summed E-state index contributed by atoms with van der Waals surface area (Å²) < 4.78 is 46.7. The molecular weight excluding hydrogens is 561 g/mol. The highest BCUT2D eigenvalue weighted by molar-refractivity contribution is 5.82. The highest BCUT2D eigenvalue weighted by Gasteiger charge is 2.35. The number of piperidine rings is 1. The minimum Gasteiger partial charge on any atom is -0.444 e. The predicted molar refractivity (Wildman–Crippen MR) is 154 cm³/mol. The fourth-order valence-corrected chi connectivity index (χ4v) is 4.55. The van der Waals surface area contributed by atoms with Crippen molar-refractivity contribution in [2.45, 2.75) is 64.1 Å². The Labute approximate surface area is 248 Å². The molecule has 3 N–H and O–H groups in total. The molecule has 1 fully saturated rings. The number of pyridine rings is 1. The van der Waals surface area contributed by atoms with Gasteiger partial charge in [0.2, 0.25) is 11.9 Å². The number of anilines is 2. The molecule has 0 spiro atoms. The number of ether oxygens (including phenoxy) is 1. The van der Waals surface area contributed by atoms with E-state index in [-0.39, 0.29) is 18.0 Å². The van der Waals surface area contributed by atoms with Gasteiger partial charge in [-0.15, -0.1) is 0 Å². The lowest BCUT2D eigenvalue weighted by Crippen LogP contribution is -2.41. The van der Waals surface area contributed by atoms with Gasteiger partial charge in [0.1, 0.15) is 16.9 Å². The molecule has 0 saturated carbocycles. The van der Waals surface area contributed by atoms with Gasteiger partial charge in [-0.1, -0.05) is 24.1 Å². The van der Waals surface area contributed by atoms with Crippen LogP contribution in [0.25, 0.3) is 0 Å². The zero-order valence-corrected chi connectivity index (χ0v) is 24.3. The van der Waals surface area contributed by atoms with Crippen molar-refractivity contribution in [3.05, 3.63) is 76.9 Å². The number of rotatable bonds is 5. The number of nitrogens with one attached hydrogen (secondary N) is 1. The first-order chi connectivity index (χ1) is 20.2. The van der Waals surface area contributed by atoms with E-state index in [1.165, 1.54) is 0 Å². The van der Waals surface area contributed by atoms with E-state index in [2.05, 4.69) is 32.1 Å². The minimum absolute atomic E-state index is 0.0868. The van der Waals surface area contributed by atoms with Gasteiger partial charge in [-0.05, 0) is 70.2 Å². The van der Waals surface area contributed by atoms with Crippen LogP contribution in [-0.4, -0.2) is 50.5 Å². The first-order valence-electron chi connectivity index (χ1n) is 13.8. The molecule has 3 heterocycles. The Hall–Kier alpha value is -4.66. The van der Waals surface area contributed by atoms with Gasteiger partial charge < -0.3 is 20.7 Å². The van der Waals surface area contributed by atoms with Crippen molar-refractivity contribution in [1.29, 1.82) is 0 Å². The number of carbonyl (C=O) groups excluding carboxylic acids is 2. The Morgan fingerprint density at radius 3 is 2.35 bits per heavy atom. The Morgan fingerprint density at radius 2 is 1.74 bits per heavy atom. The third-order valence-electron chi connectivity index (χ3n) is 6.87. The van der Waals surface area contributed by atoms with Crippen LogP contribution in [0.2, 0.25) is 0 Å². The molecule has 1 saturated heterocycles. The zero-order chi connectivity index (χ0) is 31.4. The van der Waals surface area contributed by atoms with Gasteiger partial charge in [0.05, 0.1) is 17.8 Å². The number of amides is 2. The molecule has 12 heteroatoms. The van der Waals surface area contributed by atoms with Gasteiger partial charge in [-0.25, -0.2) is 14.8 Å². The van der Waals surface area contributed by atoms with E-state index >= 15 is 0 Å². The van der Waals surface area contributed by atoms with E-state index in [1.807, 2.05) is 26.8 Å². The Morgan fingerprint density at radius 1 is 1.05 bits per heavy atom. The quantitative estimate of drug-likeness (QED) is 0.361. The van der Waals surface area contributed by atoms with Crippen LogP contribution in [0.15, 0.2) is 48.8 Å². The van der Waals surface area contributed by atoms with Gasteiger partial charge in [-0.3, -0.25) is 9.78 Å². The number of nitrogens with two attached hydrogens (primary N) is 1. The van der Waals surface area contributed by atoms with Gasteiger partial charge >= 0.3 is 12.3 Å². The number of alkyl halides is 3. The zero-order valence-electron chi connectivity index (χ0n) is 24.3. The van der Waals surface area contributed by atoms with Gasteiger partial charge in [-0.2, -0.15) is 13.2 Å². The predicted octanol–water partition coefficient (Wildman–Crippen LogP) is 5.74. The van der Waals surface area contributed by atoms with Gasteiger partial charge in [0.15, 0.2) is 0 Å². The lowest BCUT2D eigenvalue weighted by atomic mass is 9.93. The lowest BCUT2D eigenvalue weighted by molar-refractivity contribution is -0.138. The summed E-state index contributed by atoms with van der Waals surface area (Å²) in [4.78, 5) is 38.1. The van der Waals surface area contributed by atoms with Crippen molar-refractivity contribution in [2.75, 3.05) is 18.4 Å². The number of primary amides is 1. The molecule has 0 bridgehead atoms. The molecule has 0 aliphatic carbocycles. The third-order valence-corrected chi connectivity index (χ3v) is 6.87. The van der Waals surface area contributed by atoms with Gasteiger partial charge in [0.25, 0.3) is 0 Å². The number of hydrogen-bond donors (Lipinski definition) is 2. The van der Waals surface area contributed by atoms with Crippen molar-refractivity contribution in [1.82, 2.24) is 19.9 Å². The molecule has 9 nitrogen and oxygen atoms in total. The summed E-state index contributed by atoms with van der Waals surface area (Å²) in [6.45, 7) is 8.19. The fraction of sp³-hybridized carbons (Fsp3) is 0.387. The SMILES string of the molecule is CC(C(N)=O)c1ccccc1C#Cc1nc(Nc2ccc(C3CCN(C(=O)OC(C)(C)C)CC3)nc2)ncc1C(F)(F)F. The Bertz CT molecular complexity index is 1530. The molecular formula is C31H33F3N6O3. The second-order valence-electron chi connectivity index (χ2n) is 11.3. The maximum absolute atomic E-state index is 13.7. The fourth-order valence-electron chi connectivity index (χ4n) is 4.55. The molecule has 2 amide bonds. The van der Waals surface area contributed by atoms with Crippen LogP contribution in [-0.2, 0) is 15.7 Å². The van der Waals surface area contributed by atoms with E-state index in [0.717, 1.165) is 18.5 Å². The number of benzene rings is 1. The molecule has 3 aromatic rings. The van der Waals surface area contributed by atoms with Crippen LogP contribution in [0.3, 0.4) is 0 Å². The summed E-state index contributed by atoms with van der Waals surface area (Å²) in [7, 11) is 0. The van der Waals surface area contributed by atoms with Crippen LogP contribution < -0.4 is 11.1 Å². The highest BCUT2D eigenvalue weighted by Crippen LogP contribution is 2.32. The summed E-state index contributed by atoms with van der Waals surface area (Å²) >= 11 is 0. The van der Waals surface area contributed by atoms with Crippen LogP contribution >= 0.6 is 0 Å². The molecule has 0 radical (unpaired) electrons. The number of halogens is 3. The largest absolute Gasteiger partial charge is 0.444 e. The molecule has 1 atom stereocenters. The van der Waals surface area contributed by atoms with E-state index in [0.29, 0.717) is 36.1 Å². The third kappa shape index (κ3) is 8.22. The number of likely N-dealkylation sites (tertiary alicyclic amines) is 1. The lowest BCUT2D eigenvalue weighted by Gasteiger charge is -2.33. The molecule has 1 aliphatic rings. The number of hydrogen-bond acceptors (Lipinski definition) is 7. The first-order valence-corrected chi connectivity index (χ1v) is 13.8. The van der Waals surface area contributed by atoms with Crippen molar-refractivity contribution in [3.63, 3.8) is 0 Å². The monoisotopic (exact) mass is 594 g/mol. The summed E-state index contributed by atoms with van der Waals surface area (Å²) in [6, 6.07) is 10.2. The first kappa shape index (κ1) is 31.3. The van der Waals surface area contributed by atoms with E-state index in [1.54, 1.807) is 48.4 Å². The van der Waals surface area contributed by atoms with E-state index < -0.39 is 34.9 Å². The van der Waals surface area contributed by atoms with Crippen molar-refractivity contribution in [2.24, 2.45) is 5.73 Å². The normalized spacial score (nSPS) is 14.8. The number of carbonyl (C=O) groups is 2. The summed E-state index contributed by atoms with van der Waals surface area (Å²) in [6.07, 6.45) is -1.37. The van der Waals surface area contributed by atoms with Crippen molar-refractivity contribution >= 4 is 23.6 Å². The van der Waals surface area contributed by atoms with E-state index in [9.17, 15) is 22.8 Å². The summed E-state index contributed by atoms with van der Waals surface area (Å²) in [5, 5.41) is 2.89. The second kappa shape index (κ2) is 12.7. The molecule has 1 aliphatic heterocycles. The van der Waals surface area contributed by atoms with Crippen LogP contribution in [0.1, 0.15) is 80.5 Å². The molecule has 1 unspecified atom stereocenters. The standard InChI is InChI=1S/C31H33F3N6O3/c1-19(27(35)41)23-8-6-5-7-20(23)9-11-26-24(31(32,33)34)18-37-28(39-26)38-22-10-12-25(36-17-22)21-13-15-40(16-14-21)29(42)43-30(2,3)4/h5-8,10,12,17-19,21H,13-16H2,1-4H3,(H2,35,41)(H,37,38,39). The summed E-state index contributed by atoms with van der Waals surface area (Å²) in [5.74, 6) is 4.03. The molecule has 43 heavy (non-hydrogen) atoms. The molecule has 4 rings (SSSR count). The van der Waals surface area contributed by atoms with Crippen molar-refractivity contribution < 1.29 is 27.5 Å². The van der Waals surface area contributed by atoms with Crippen molar-refractivity contribution in [3.8, 4) is 11.8 Å². The number of nitrogens with zero attached hydrogens (tertiary/aromatic N) is 4. The molecule has 226 valence electrons. The minimum atomic E-state index is -4.73.